The van der Waals surface area contributed by atoms with Crippen molar-refractivity contribution in [1.29, 1.82) is 0 Å². The molecule has 0 unspecified atom stereocenters. The molecule has 1 aromatic carbocycles. The van der Waals surface area contributed by atoms with Gasteiger partial charge in [0.2, 0.25) is 0 Å². The third-order valence-electron chi connectivity index (χ3n) is 2.90. The number of hydrogen-bond donors (Lipinski definition) is 1. The minimum absolute atomic E-state index is 0.111. The highest BCUT2D eigenvalue weighted by molar-refractivity contribution is 14.1. The molecular weight excluding hydrogens is 415 g/mol. The summed E-state index contributed by atoms with van der Waals surface area (Å²) in [6.45, 7) is 1.99. The molecule has 0 aliphatic carbocycles. The first-order valence-corrected chi connectivity index (χ1v) is 8.98. The standard InChI is InChI=1S/C15H11IN2OS2/c1-9-7-10(16)4-5-11(9)18-14(19)13-8-17-15(21-13)12-3-2-6-20-12/h2-8H,1H3,(H,18,19). The average Bonchev–Trinajstić information content (AvgIpc) is 3.10. The lowest BCUT2D eigenvalue weighted by molar-refractivity contribution is 0.103. The lowest BCUT2D eigenvalue weighted by Gasteiger charge is -2.07. The summed E-state index contributed by atoms with van der Waals surface area (Å²) in [6, 6.07) is 9.94. The van der Waals surface area contributed by atoms with E-state index in [1.165, 1.54) is 11.3 Å². The van der Waals surface area contributed by atoms with Crippen molar-refractivity contribution in [3.05, 3.63) is 55.9 Å². The number of carbonyl (C=O) groups excluding carboxylic acids is 1. The minimum atomic E-state index is -0.111. The van der Waals surface area contributed by atoms with Gasteiger partial charge in [0.1, 0.15) is 9.88 Å². The van der Waals surface area contributed by atoms with Crippen LogP contribution in [0.25, 0.3) is 9.88 Å². The van der Waals surface area contributed by atoms with E-state index in [1.54, 1.807) is 17.5 Å². The van der Waals surface area contributed by atoms with Crippen LogP contribution in [-0.4, -0.2) is 10.9 Å². The first-order chi connectivity index (χ1) is 10.1. The smallest absolute Gasteiger partial charge is 0.267 e. The van der Waals surface area contributed by atoms with E-state index >= 15 is 0 Å². The van der Waals surface area contributed by atoms with Crippen LogP contribution in [-0.2, 0) is 0 Å². The molecule has 106 valence electrons. The maximum absolute atomic E-state index is 12.3. The fourth-order valence-electron chi connectivity index (χ4n) is 1.84. The van der Waals surface area contributed by atoms with Crippen LogP contribution in [0.3, 0.4) is 0 Å². The third-order valence-corrected chi connectivity index (χ3v) is 5.60. The predicted molar refractivity (Wildman–Crippen MR) is 97.3 cm³/mol. The zero-order valence-electron chi connectivity index (χ0n) is 11.1. The van der Waals surface area contributed by atoms with Crippen LogP contribution in [0.5, 0.6) is 0 Å². The van der Waals surface area contributed by atoms with Gasteiger partial charge in [-0.05, 0) is 64.7 Å². The van der Waals surface area contributed by atoms with Crippen molar-refractivity contribution in [3.63, 3.8) is 0 Å². The lowest BCUT2D eigenvalue weighted by atomic mass is 10.2. The second-order valence-corrected chi connectivity index (χ2v) is 7.64. The molecule has 0 aliphatic rings. The van der Waals surface area contributed by atoms with Gasteiger partial charge in [0.25, 0.3) is 5.91 Å². The lowest BCUT2D eigenvalue weighted by Crippen LogP contribution is -2.11. The Morgan fingerprint density at radius 2 is 2.19 bits per heavy atom. The van der Waals surface area contributed by atoms with Crippen LogP contribution in [0.4, 0.5) is 5.69 Å². The number of rotatable bonds is 3. The quantitative estimate of drug-likeness (QED) is 0.597. The zero-order valence-corrected chi connectivity index (χ0v) is 14.9. The average molecular weight is 426 g/mol. The summed E-state index contributed by atoms with van der Waals surface area (Å²) in [6.07, 6.45) is 1.64. The fraction of sp³-hybridized carbons (Fsp3) is 0.0667. The number of carbonyl (C=O) groups is 1. The number of aromatic nitrogens is 1. The molecule has 0 fully saturated rings. The van der Waals surface area contributed by atoms with Gasteiger partial charge >= 0.3 is 0 Å². The fourth-order valence-corrected chi connectivity index (χ4v) is 4.11. The third kappa shape index (κ3) is 3.33. The van der Waals surface area contributed by atoms with E-state index in [9.17, 15) is 4.79 Å². The molecule has 3 rings (SSSR count). The highest BCUT2D eigenvalue weighted by atomic mass is 127. The first kappa shape index (κ1) is 14.7. The summed E-state index contributed by atoms with van der Waals surface area (Å²) in [5.74, 6) is -0.111. The molecule has 0 radical (unpaired) electrons. The van der Waals surface area contributed by atoms with Crippen molar-refractivity contribution in [2.24, 2.45) is 0 Å². The number of halogens is 1. The van der Waals surface area contributed by atoms with E-state index in [1.807, 2.05) is 42.6 Å². The maximum atomic E-state index is 12.3. The van der Waals surface area contributed by atoms with E-state index in [0.29, 0.717) is 4.88 Å². The van der Waals surface area contributed by atoms with Crippen LogP contribution in [0.15, 0.2) is 41.9 Å². The summed E-state index contributed by atoms with van der Waals surface area (Å²) >= 11 is 5.29. The van der Waals surface area contributed by atoms with Gasteiger partial charge in [0.05, 0.1) is 11.1 Å². The Morgan fingerprint density at radius 3 is 2.90 bits per heavy atom. The first-order valence-electron chi connectivity index (χ1n) is 6.21. The van der Waals surface area contributed by atoms with Crippen molar-refractivity contribution >= 4 is 56.9 Å². The molecule has 1 amide bonds. The number of thiophene rings is 1. The monoisotopic (exact) mass is 426 g/mol. The van der Waals surface area contributed by atoms with Gasteiger partial charge in [0.15, 0.2) is 0 Å². The molecule has 0 saturated heterocycles. The normalized spacial score (nSPS) is 10.6. The molecule has 0 spiro atoms. The molecule has 3 nitrogen and oxygen atoms in total. The van der Waals surface area contributed by atoms with Gasteiger partial charge in [-0.2, -0.15) is 0 Å². The van der Waals surface area contributed by atoms with E-state index in [-0.39, 0.29) is 5.91 Å². The number of anilines is 1. The van der Waals surface area contributed by atoms with Gasteiger partial charge in [-0.3, -0.25) is 4.79 Å². The van der Waals surface area contributed by atoms with Crippen LogP contribution in [0, 0.1) is 10.5 Å². The molecule has 1 N–H and O–H groups in total. The van der Waals surface area contributed by atoms with Crippen molar-refractivity contribution in [3.8, 4) is 9.88 Å². The summed E-state index contributed by atoms with van der Waals surface area (Å²) in [7, 11) is 0. The number of hydrogen-bond acceptors (Lipinski definition) is 4. The summed E-state index contributed by atoms with van der Waals surface area (Å²) < 4.78 is 1.15. The number of benzene rings is 1. The Morgan fingerprint density at radius 1 is 1.33 bits per heavy atom. The van der Waals surface area contributed by atoms with Gasteiger partial charge < -0.3 is 5.32 Å². The number of nitrogens with zero attached hydrogens (tertiary/aromatic N) is 1. The van der Waals surface area contributed by atoms with E-state index < -0.39 is 0 Å². The van der Waals surface area contributed by atoms with Gasteiger partial charge in [-0.15, -0.1) is 22.7 Å². The van der Waals surface area contributed by atoms with Crippen molar-refractivity contribution in [2.75, 3.05) is 5.32 Å². The minimum Gasteiger partial charge on any atom is -0.321 e. The number of amides is 1. The summed E-state index contributed by atoms with van der Waals surface area (Å²) in [5.41, 5.74) is 1.89. The number of thiazole rings is 1. The predicted octanol–water partition coefficient (Wildman–Crippen LogP) is 5.04. The molecule has 2 heterocycles. The van der Waals surface area contributed by atoms with E-state index in [0.717, 1.165) is 24.7 Å². The molecule has 0 bridgehead atoms. The van der Waals surface area contributed by atoms with Gasteiger partial charge in [0, 0.05) is 9.26 Å². The Kier molecular flexibility index (Phi) is 4.37. The molecule has 0 saturated carbocycles. The molecule has 6 heteroatoms. The SMILES string of the molecule is Cc1cc(I)ccc1NC(=O)c1cnc(-c2cccs2)s1. The van der Waals surface area contributed by atoms with Crippen LogP contribution in [0.1, 0.15) is 15.2 Å². The Labute approximate surface area is 144 Å². The second-order valence-electron chi connectivity index (χ2n) is 4.42. The molecule has 0 atom stereocenters. The highest BCUT2D eigenvalue weighted by Crippen LogP contribution is 2.29. The Balaban J connectivity index is 1.79. The molecular formula is C15H11IN2OS2. The Hall–Kier alpha value is -1.25. The summed E-state index contributed by atoms with van der Waals surface area (Å²) in [5, 5.41) is 5.83. The molecule has 3 aromatic rings. The zero-order chi connectivity index (χ0) is 14.8. The second kappa shape index (κ2) is 6.25. The largest absolute Gasteiger partial charge is 0.321 e. The van der Waals surface area contributed by atoms with Crippen molar-refractivity contribution in [2.45, 2.75) is 6.92 Å². The molecule has 0 aliphatic heterocycles. The molecule has 2 aromatic heterocycles. The van der Waals surface area contributed by atoms with Gasteiger partial charge in [-0.1, -0.05) is 6.07 Å². The van der Waals surface area contributed by atoms with E-state index in [4.69, 9.17) is 0 Å². The van der Waals surface area contributed by atoms with Crippen LogP contribution < -0.4 is 5.32 Å². The topological polar surface area (TPSA) is 42.0 Å². The molecule has 21 heavy (non-hydrogen) atoms. The van der Waals surface area contributed by atoms with Crippen LogP contribution in [0.2, 0.25) is 0 Å². The maximum Gasteiger partial charge on any atom is 0.267 e. The van der Waals surface area contributed by atoms with Gasteiger partial charge in [-0.25, -0.2) is 4.98 Å². The Bertz CT molecular complexity index is 781. The van der Waals surface area contributed by atoms with E-state index in [2.05, 4.69) is 32.9 Å². The number of nitrogens with one attached hydrogen (secondary N) is 1. The summed E-state index contributed by atoms with van der Waals surface area (Å²) in [4.78, 5) is 18.3. The van der Waals surface area contributed by atoms with Crippen molar-refractivity contribution in [1.82, 2.24) is 4.98 Å². The van der Waals surface area contributed by atoms with Crippen LogP contribution >= 0.6 is 45.3 Å². The van der Waals surface area contributed by atoms with Crippen molar-refractivity contribution < 1.29 is 4.79 Å². The highest BCUT2D eigenvalue weighted by Gasteiger charge is 2.13. The number of aryl methyl sites for hydroxylation is 1.